The van der Waals surface area contributed by atoms with E-state index in [2.05, 4.69) is 5.32 Å². The van der Waals surface area contributed by atoms with Crippen LogP contribution in [0, 0.1) is 6.92 Å². The van der Waals surface area contributed by atoms with E-state index < -0.39 is 15.9 Å². The number of ether oxygens (including phenoxy) is 2. The normalized spacial score (nSPS) is 12.1. The molecule has 1 amide bonds. The van der Waals surface area contributed by atoms with Gasteiger partial charge in [0.05, 0.1) is 24.6 Å². The van der Waals surface area contributed by atoms with Gasteiger partial charge < -0.3 is 14.8 Å². The number of amides is 1. The average Bonchev–Trinajstić information content (AvgIpc) is 2.65. The van der Waals surface area contributed by atoms with Gasteiger partial charge in [-0.2, -0.15) is 0 Å². The second kappa shape index (κ2) is 10.2. The van der Waals surface area contributed by atoms with Crippen molar-refractivity contribution >= 4 is 21.6 Å². The molecule has 0 fully saturated rings. The Balaban J connectivity index is 2.01. The van der Waals surface area contributed by atoms with Crippen molar-refractivity contribution in [2.24, 2.45) is 0 Å². The van der Waals surface area contributed by atoms with E-state index in [1.807, 2.05) is 38.1 Å². The maximum Gasteiger partial charge on any atom is 0.241 e. The molecule has 0 saturated heterocycles. The molecular formula is C21H28N2O5S. The quantitative estimate of drug-likeness (QED) is 0.639. The molecule has 0 aliphatic carbocycles. The molecule has 0 bridgehead atoms. The van der Waals surface area contributed by atoms with E-state index in [1.54, 1.807) is 31.2 Å². The van der Waals surface area contributed by atoms with Gasteiger partial charge >= 0.3 is 0 Å². The first-order chi connectivity index (χ1) is 13.7. The number of para-hydroxylation sites is 1. The van der Waals surface area contributed by atoms with Crippen LogP contribution in [0.25, 0.3) is 0 Å². The molecule has 29 heavy (non-hydrogen) atoms. The summed E-state index contributed by atoms with van der Waals surface area (Å²) in [7, 11) is -3.66. The number of sulfonamides is 1. The zero-order valence-electron chi connectivity index (χ0n) is 17.2. The molecule has 1 N–H and O–H groups in total. The van der Waals surface area contributed by atoms with E-state index in [0.717, 1.165) is 21.9 Å². The zero-order valence-corrected chi connectivity index (χ0v) is 18.0. The second-order valence-corrected chi connectivity index (χ2v) is 8.65. The molecule has 0 radical (unpaired) electrons. The third-order valence-corrected chi connectivity index (χ3v) is 5.23. The minimum absolute atomic E-state index is 0.273. The minimum Gasteiger partial charge on any atom is -0.494 e. The first-order valence-corrected chi connectivity index (χ1v) is 11.2. The predicted molar refractivity (Wildman–Crippen MR) is 114 cm³/mol. The van der Waals surface area contributed by atoms with Gasteiger partial charge in [-0.25, -0.2) is 8.42 Å². The number of aryl methyl sites for hydroxylation is 1. The van der Waals surface area contributed by atoms with Crippen LogP contribution in [0.15, 0.2) is 48.5 Å². The molecule has 8 heteroatoms. The first-order valence-electron chi connectivity index (χ1n) is 9.39. The van der Waals surface area contributed by atoms with Crippen molar-refractivity contribution in [2.45, 2.75) is 26.8 Å². The number of benzene rings is 2. The van der Waals surface area contributed by atoms with E-state index in [9.17, 15) is 13.2 Å². The van der Waals surface area contributed by atoms with Crippen LogP contribution < -0.4 is 19.1 Å². The standard InChI is InChI=1S/C21H28N2O5S/c1-5-27-19-11-8-10-18(13-19)23(29(4,25)26)14-21(24)22-17(3)15-28-20-12-7-6-9-16(20)2/h6-13,17H,5,14-15H2,1-4H3,(H,22,24)/t17-/m0/s1. The summed E-state index contributed by atoms with van der Waals surface area (Å²) >= 11 is 0. The molecule has 1 atom stereocenters. The highest BCUT2D eigenvalue weighted by atomic mass is 32.2. The van der Waals surface area contributed by atoms with Crippen LogP contribution in [-0.2, 0) is 14.8 Å². The largest absolute Gasteiger partial charge is 0.494 e. The highest BCUT2D eigenvalue weighted by molar-refractivity contribution is 7.92. The van der Waals surface area contributed by atoms with Crippen molar-refractivity contribution in [3.63, 3.8) is 0 Å². The van der Waals surface area contributed by atoms with Crippen molar-refractivity contribution in [1.82, 2.24) is 5.32 Å². The smallest absolute Gasteiger partial charge is 0.241 e. The van der Waals surface area contributed by atoms with Gasteiger partial charge in [-0.3, -0.25) is 9.10 Å². The van der Waals surface area contributed by atoms with Crippen LogP contribution in [0.2, 0.25) is 0 Å². The van der Waals surface area contributed by atoms with Gasteiger partial charge in [-0.1, -0.05) is 24.3 Å². The number of rotatable bonds is 10. The Hall–Kier alpha value is -2.74. The molecule has 2 rings (SSSR count). The summed E-state index contributed by atoms with van der Waals surface area (Å²) < 4.78 is 36.7. The lowest BCUT2D eigenvalue weighted by atomic mass is 10.2. The molecule has 2 aromatic carbocycles. The molecule has 2 aromatic rings. The maximum absolute atomic E-state index is 12.5. The van der Waals surface area contributed by atoms with Crippen LogP contribution in [0.5, 0.6) is 11.5 Å². The zero-order chi connectivity index (χ0) is 21.4. The summed E-state index contributed by atoms with van der Waals surface area (Å²) in [4.78, 5) is 12.5. The van der Waals surface area contributed by atoms with E-state index in [1.165, 1.54) is 0 Å². The third kappa shape index (κ3) is 6.98. The van der Waals surface area contributed by atoms with Crippen molar-refractivity contribution < 1.29 is 22.7 Å². The lowest BCUT2D eigenvalue weighted by molar-refractivity contribution is -0.120. The van der Waals surface area contributed by atoms with Crippen LogP contribution in [0.4, 0.5) is 5.69 Å². The minimum atomic E-state index is -3.66. The Kier molecular flexibility index (Phi) is 7.90. The second-order valence-electron chi connectivity index (χ2n) is 6.75. The van der Waals surface area contributed by atoms with Gasteiger partial charge in [-0.15, -0.1) is 0 Å². The Morgan fingerprint density at radius 1 is 1.14 bits per heavy atom. The lowest BCUT2D eigenvalue weighted by Gasteiger charge is -2.23. The monoisotopic (exact) mass is 420 g/mol. The summed E-state index contributed by atoms with van der Waals surface area (Å²) in [5.74, 6) is 0.872. The Morgan fingerprint density at radius 2 is 1.86 bits per heavy atom. The molecule has 0 aliphatic heterocycles. The van der Waals surface area contributed by atoms with Crippen LogP contribution in [0.1, 0.15) is 19.4 Å². The van der Waals surface area contributed by atoms with Crippen molar-refractivity contribution in [2.75, 3.05) is 30.3 Å². The highest BCUT2D eigenvalue weighted by Crippen LogP contribution is 2.23. The van der Waals surface area contributed by atoms with E-state index in [4.69, 9.17) is 9.47 Å². The molecule has 158 valence electrons. The molecule has 0 aliphatic rings. The molecule has 0 unspecified atom stereocenters. The van der Waals surface area contributed by atoms with Crippen LogP contribution >= 0.6 is 0 Å². The van der Waals surface area contributed by atoms with E-state index in [0.29, 0.717) is 18.0 Å². The SMILES string of the molecule is CCOc1cccc(N(CC(=O)N[C@@H](C)COc2ccccc2C)S(C)(=O)=O)c1. The van der Waals surface area contributed by atoms with Gasteiger partial charge in [0.15, 0.2) is 0 Å². The topological polar surface area (TPSA) is 84.9 Å². The Bertz CT molecular complexity index is 930. The molecule has 0 saturated carbocycles. The maximum atomic E-state index is 12.5. The molecule has 7 nitrogen and oxygen atoms in total. The molecule has 0 spiro atoms. The number of carbonyl (C=O) groups excluding carboxylic acids is 1. The van der Waals surface area contributed by atoms with Gasteiger partial charge in [0.25, 0.3) is 0 Å². The summed E-state index contributed by atoms with van der Waals surface area (Å²) in [5.41, 5.74) is 1.38. The fourth-order valence-corrected chi connectivity index (χ4v) is 3.57. The first kappa shape index (κ1) is 22.5. The summed E-state index contributed by atoms with van der Waals surface area (Å²) in [6, 6.07) is 14.0. The highest BCUT2D eigenvalue weighted by Gasteiger charge is 2.22. The van der Waals surface area contributed by atoms with Gasteiger partial charge in [0, 0.05) is 6.07 Å². The van der Waals surface area contributed by atoms with Gasteiger partial charge in [0.1, 0.15) is 24.7 Å². The summed E-state index contributed by atoms with van der Waals surface area (Å²) in [6.45, 7) is 5.99. The molecule has 0 aromatic heterocycles. The lowest BCUT2D eigenvalue weighted by Crippen LogP contribution is -2.44. The van der Waals surface area contributed by atoms with Crippen molar-refractivity contribution in [3.05, 3.63) is 54.1 Å². The van der Waals surface area contributed by atoms with E-state index in [-0.39, 0.29) is 19.2 Å². The van der Waals surface area contributed by atoms with E-state index >= 15 is 0 Å². The average molecular weight is 421 g/mol. The number of nitrogens with one attached hydrogen (secondary N) is 1. The number of hydrogen-bond acceptors (Lipinski definition) is 5. The number of carbonyl (C=O) groups is 1. The predicted octanol–water partition coefficient (Wildman–Crippen LogP) is 2.74. The fourth-order valence-electron chi connectivity index (χ4n) is 2.72. The number of nitrogens with zero attached hydrogens (tertiary/aromatic N) is 1. The molecular weight excluding hydrogens is 392 g/mol. The van der Waals surface area contributed by atoms with Crippen molar-refractivity contribution in [1.29, 1.82) is 0 Å². The van der Waals surface area contributed by atoms with Crippen molar-refractivity contribution in [3.8, 4) is 11.5 Å². The Morgan fingerprint density at radius 3 is 2.52 bits per heavy atom. The van der Waals surface area contributed by atoms with Crippen LogP contribution in [0.3, 0.4) is 0 Å². The summed E-state index contributed by atoms with van der Waals surface area (Å²) in [6.07, 6.45) is 1.07. The number of anilines is 1. The third-order valence-electron chi connectivity index (χ3n) is 4.09. The number of hydrogen-bond donors (Lipinski definition) is 1. The fraction of sp³-hybridized carbons (Fsp3) is 0.381. The molecule has 0 heterocycles. The van der Waals surface area contributed by atoms with Gasteiger partial charge in [0.2, 0.25) is 15.9 Å². The Labute approximate surface area is 172 Å². The van der Waals surface area contributed by atoms with Crippen LogP contribution in [-0.4, -0.2) is 46.4 Å². The van der Waals surface area contributed by atoms with Gasteiger partial charge in [-0.05, 0) is 44.5 Å². The summed E-state index contributed by atoms with van der Waals surface area (Å²) in [5, 5.41) is 2.78.